The number of carbonyl (C=O) groups is 2. The van der Waals surface area contributed by atoms with Gasteiger partial charge in [0, 0.05) is 11.0 Å². The SMILES string of the molecule is CCCCCOc1ccc(C=CC(=O)Nc2sc3c(c2C(=O)OCC)CCC(C)C3)cc1OC. The number of esters is 1. The number of nitrogens with one attached hydrogen (secondary N) is 1. The van der Waals surface area contributed by atoms with E-state index in [4.69, 9.17) is 14.2 Å². The molecule has 1 amide bonds. The molecule has 1 aromatic carbocycles. The maximum absolute atomic E-state index is 12.7. The summed E-state index contributed by atoms with van der Waals surface area (Å²) in [6, 6.07) is 5.58. The fraction of sp³-hybridized carbons (Fsp3) is 0.481. The fourth-order valence-corrected chi connectivity index (χ4v) is 5.43. The Hall–Kier alpha value is -2.80. The van der Waals surface area contributed by atoms with Crippen LogP contribution in [0.3, 0.4) is 0 Å². The zero-order valence-corrected chi connectivity index (χ0v) is 21.4. The fourth-order valence-electron chi connectivity index (χ4n) is 4.02. The molecule has 0 radical (unpaired) electrons. The van der Waals surface area contributed by atoms with Crippen LogP contribution in [0.2, 0.25) is 0 Å². The van der Waals surface area contributed by atoms with Crippen molar-refractivity contribution >= 4 is 34.3 Å². The lowest BCUT2D eigenvalue weighted by atomic mass is 9.88. The number of thiophene rings is 1. The molecule has 3 rings (SSSR count). The normalized spacial score (nSPS) is 15.1. The summed E-state index contributed by atoms with van der Waals surface area (Å²) in [4.78, 5) is 26.5. The number of amides is 1. The first-order valence-electron chi connectivity index (χ1n) is 12.1. The second-order valence-corrected chi connectivity index (χ2v) is 9.67. The zero-order chi connectivity index (χ0) is 24.5. The maximum atomic E-state index is 12.7. The summed E-state index contributed by atoms with van der Waals surface area (Å²) in [5.74, 6) is 1.23. The van der Waals surface area contributed by atoms with Gasteiger partial charge < -0.3 is 19.5 Å². The Kier molecular flexibility index (Phi) is 9.57. The Morgan fingerprint density at radius 2 is 2.03 bits per heavy atom. The van der Waals surface area contributed by atoms with Crippen molar-refractivity contribution in [1.82, 2.24) is 0 Å². The van der Waals surface area contributed by atoms with Crippen molar-refractivity contribution in [2.75, 3.05) is 25.6 Å². The summed E-state index contributed by atoms with van der Waals surface area (Å²) in [6.07, 6.45) is 9.24. The van der Waals surface area contributed by atoms with Crippen LogP contribution in [-0.4, -0.2) is 32.2 Å². The number of hydrogen-bond donors (Lipinski definition) is 1. The van der Waals surface area contributed by atoms with E-state index >= 15 is 0 Å². The van der Waals surface area contributed by atoms with Crippen LogP contribution in [0.15, 0.2) is 24.3 Å². The van der Waals surface area contributed by atoms with Crippen LogP contribution in [0.5, 0.6) is 11.5 Å². The Morgan fingerprint density at radius 1 is 1.21 bits per heavy atom. The van der Waals surface area contributed by atoms with Gasteiger partial charge in [0.05, 0.1) is 25.9 Å². The van der Waals surface area contributed by atoms with Crippen molar-refractivity contribution in [3.8, 4) is 11.5 Å². The summed E-state index contributed by atoms with van der Waals surface area (Å²) >= 11 is 1.49. The Morgan fingerprint density at radius 3 is 2.76 bits per heavy atom. The van der Waals surface area contributed by atoms with Crippen molar-refractivity contribution in [2.24, 2.45) is 5.92 Å². The van der Waals surface area contributed by atoms with Crippen LogP contribution < -0.4 is 14.8 Å². The molecule has 7 heteroatoms. The summed E-state index contributed by atoms with van der Waals surface area (Å²) in [5.41, 5.74) is 2.36. The Labute approximate surface area is 206 Å². The first-order valence-corrected chi connectivity index (χ1v) is 12.9. The minimum Gasteiger partial charge on any atom is -0.493 e. The monoisotopic (exact) mass is 485 g/mol. The first-order chi connectivity index (χ1) is 16.5. The molecule has 1 aliphatic carbocycles. The number of anilines is 1. The number of unbranched alkanes of at least 4 members (excludes halogenated alkanes) is 2. The topological polar surface area (TPSA) is 73.9 Å². The van der Waals surface area contributed by atoms with Crippen molar-refractivity contribution < 1.29 is 23.8 Å². The minimum absolute atomic E-state index is 0.295. The summed E-state index contributed by atoms with van der Waals surface area (Å²) in [5, 5.41) is 3.48. The standard InChI is InChI=1S/C27H35NO5S/c1-5-7-8-15-33-21-13-10-19(17-22(21)31-4)11-14-24(29)28-26-25(27(30)32-6-2)20-12-9-18(3)16-23(20)34-26/h10-11,13-14,17-18H,5-9,12,15-16H2,1-4H3,(H,28,29). The molecule has 0 fully saturated rings. The maximum Gasteiger partial charge on any atom is 0.341 e. The summed E-state index contributed by atoms with van der Waals surface area (Å²) in [7, 11) is 1.60. The van der Waals surface area contributed by atoms with Gasteiger partial charge in [0.2, 0.25) is 5.91 Å². The summed E-state index contributed by atoms with van der Waals surface area (Å²) in [6.45, 7) is 7.10. The number of rotatable bonds is 11. The van der Waals surface area contributed by atoms with E-state index in [0.29, 0.717) is 41.2 Å². The largest absolute Gasteiger partial charge is 0.493 e. The number of methoxy groups -OCH3 is 1. The molecular weight excluding hydrogens is 450 g/mol. The number of hydrogen-bond acceptors (Lipinski definition) is 6. The van der Waals surface area contributed by atoms with Gasteiger partial charge in [0.15, 0.2) is 11.5 Å². The molecule has 184 valence electrons. The van der Waals surface area contributed by atoms with Gasteiger partial charge in [-0.3, -0.25) is 4.79 Å². The van der Waals surface area contributed by atoms with E-state index in [1.165, 1.54) is 22.3 Å². The van der Waals surface area contributed by atoms with Gasteiger partial charge in [-0.1, -0.05) is 32.8 Å². The molecule has 34 heavy (non-hydrogen) atoms. The van der Waals surface area contributed by atoms with Crippen LogP contribution in [-0.2, 0) is 22.4 Å². The molecular formula is C27H35NO5S. The molecule has 0 spiro atoms. The highest BCUT2D eigenvalue weighted by molar-refractivity contribution is 7.17. The lowest BCUT2D eigenvalue weighted by Crippen LogP contribution is -2.15. The van der Waals surface area contributed by atoms with E-state index in [2.05, 4.69) is 19.2 Å². The highest BCUT2D eigenvalue weighted by Gasteiger charge is 2.28. The summed E-state index contributed by atoms with van der Waals surface area (Å²) < 4.78 is 16.6. The smallest absolute Gasteiger partial charge is 0.341 e. The number of fused-ring (bicyclic) bond motifs is 1. The van der Waals surface area contributed by atoms with E-state index in [0.717, 1.165) is 49.7 Å². The molecule has 2 aromatic rings. The molecule has 6 nitrogen and oxygen atoms in total. The molecule has 1 heterocycles. The second kappa shape index (κ2) is 12.6. The third-order valence-electron chi connectivity index (χ3n) is 5.85. The van der Waals surface area contributed by atoms with E-state index in [1.54, 1.807) is 20.1 Å². The molecule has 0 bridgehead atoms. The third-order valence-corrected chi connectivity index (χ3v) is 7.02. The molecule has 1 atom stereocenters. The van der Waals surface area contributed by atoms with Crippen molar-refractivity contribution in [1.29, 1.82) is 0 Å². The van der Waals surface area contributed by atoms with Crippen molar-refractivity contribution in [3.63, 3.8) is 0 Å². The predicted molar refractivity (Wildman–Crippen MR) is 137 cm³/mol. The Bertz CT molecular complexity index is 1030. The number of ether oxygens (including phenoxy) is 3. The van der Waals surface area contributed by atoms with E-state index in [1.807, 2.05) is 18.2 Å². The van der Waals surface area contributed by atoms with E-state index in [-0.39, 0.29) is 11.9 Å². The lowest BCUT2D eigenvalue weighted by Gasteiger charge is -2.18. The lowest BCUT2D eigenvalue weighted by molar-refractivity contribution is -0.111. The van der Waals surface area contributed by atoms with Crippen LogP contribution in [0.1, 0.15) is 72.8 Å². The highest BCUT2D eigenvalue weighted by atomic mass is 32.1. The van der Waals surface area contributed by atoms with Crippen LogP contribution in [0, 0.1) is 5.92 Å². The van der Waals surface area contributed by atoms with Gasteiger partial charge in [-0.2, -0.15) is 0 Å². The van der Waals surface area contributed by atoms with Gasteiger partial charge >= 0.3 is 5.97 Å². The molecule has 1 aromatic heterocycles. The van der Waals surface area contributed by atoms with Crippen LogP contribution in [0.25, 0.3) is 6.08 Å². The molecule has 0 aliphatic heterocycles. The van der Waals surface area contributed by atoms with Gasteiger partial charge in [-0.25, -0.2) is 4.79 Å². The molecule has 1 N–H and O–H groups in total. The average molecular weight is 486 g/mol. The first kappa shape index (κ1) is 25.8. The zero-order valence-electron chi connectivity index (χ0n) is 20.6. The van der Waals surface area contributed by atoms with Crippen LogP contribution in [0.4, 0.5) is 5.00 Å². The second-order valence-electron chi connectivity index (χ2n) is 8.56. The number of benzene rings is 1. The molecule has 0 saturated heterocycles. The molecule has 0 saturated carbocycles. The van der Waals surface area contributed by atoms with E-state index in [9.17, 15) is 9.59 Å². The molecule has 1 unspecified atom stereocenters. The molecule has 1 aliphatic rings. The van der Waals surface area contributed by atoms with Crippen LogP contribution >= 0.6 is 11.3 Å². The average Bonchev–Trinajstić information content (AvgIpc) is 3.17. The third kappa shape index (κ3) is 6.63. The van der Waals surface area contributed by atoms with Gasteiger partial charge in [-0.15, -0.1) is 11.3 Å². The van der Waals surface area contributed by atoms with Gasteiger partial charge in [0.1, 0.15) is 5.00 Å². The predicted octanol–water partition coefficient (Wildman–Crippen LogP) is 6.28. The highest BCUT2D eigenvalue weighted by Crippen LogP contribution is 2.40. The minimum atomic E-state index is -0.368. The van der Waals surface area contributed by atoms with Crippen molar-refractivity contribution in [2.45, 2.75) is 59.3 Å². The van der Waals surface area contributed by atoms with Crippen molar-refractivity contribution in [3.05, 3.63) is 45.8 Å². The van der Waals surface area contributed by atoms with Gasteiger partial charge in [-0.05, 0) is 67.9 Å². The Balaban J connectivity index is 1.72. The number of carbonyl (C=O) groups excluding carboxylic acids is 2. The van der Waals surface area contributed by atoms with E-state index < -0.39 is 0 Å². The van der Waals surface area contributed by atoms with Gasteiger partial charge in [0.25, 0.3) is 0 Å². The quantitative estimate of drug-likeness (QED) is 0.230.